The normalized spacial score (nSPS) is 11.4. The minimum Gasteiger partial charge on any atom is -0.234 e. The van der Waals surface area contributed by atoms with E-state index in [1.165, 1.54) is 140 Å². The molecule has 192 valence electrons. The van der Waals surface area contributed by atoms with Gasteiger partial charge in [-0.2, -0.15) is 0 Å². The van der Waals surface area contributed by atoms with Gasteiger partial charge in [0.05, 0.1) is 19.5 Å². The van der Waals surface area contributed by atoms with Gasteiger partial charge in [0.2, 0.25) is 0 Å². The number of aromatic nitrogens is 2. The molecule has 0 aliphatic heterocycles. The number of benzene rings is 1. The zero-order chi connectivity index (χ0) is 24.1. The average molecular weight is 468 g/mol. The highest BCUT2D eigenvalue weighted by Gasteiger charge is 2.17. The van der Waals surface area contributed by atoms with E-state index in [1.54, 1.807) is 0 Å². The van der Waals surface area contributed by atoms with Gasteiger partial charge in [0.15, 0.2) is 0 Å². The van der Waals surface area contributed by atoms with Crippen LogP contribution in [0.4, 0.5) is 0 Å². The van der Waals surface area contributed by atoms with Crippen LogP contribution in [0, 0.1) is 0 Å². The lowest BCUT2D eigenvalue weighted by Crippen LogP contribution is -2.37. The SMILES string of the molecule is CCCCCCCCCCCn1cc[n+](CCCCCCCCCCC)c1Cc1ccccc1. The van der Waals surface area contributed by atoms with E-state index in [1.807, 2.05) is 0 Å². The van der Waals surface area contributed by atoms with Crippen molar-refractivity contribution in [3.05, 3.63) is 54.1 Å². The number of unbranched alkanes of at least 4 members (excludes halogenated alkanes) is 16. The van der Waals surface area contributed by atoms with Gasteiger partial charge in [0.1, 0.15) is 12.4 Å². The van der Waals surface area contributed by atoms with Crippen LogP contribution in [-0.2, 0) is 19.5 Å². The lowest BCUT2D eigenvalue weighted by Gasteiger charge is -2.07. The zero-order valence-corrected chi connectivity index (χ0v) is 22.8. The fraction of sp³-hybridized carbons (Fsp3) is 0.719. The van der Waals surface area contributed by atoms with Crippen molar-refractivity contribution in [2.45, 2.75) is 149 Å². The Balaban J connectivity index is 1.74. The topological polar surface area (TPSA) is 8.81 Å². The molecule has 0 atom stereocenters. The van der Waals surface area contributed by atoms with Crippen LogP contribution in [-0.4, -0.2) is 4.57 Å². The molecular weight excluding hydrogens is 412 g/mol. The summed E-state index contributed by atoms with van der Waals surface area (Å²) in [6.45, 7) is 6.94. The van der Waals surface area contributed by atoms with Gasteiger partial charge in [-0.05, 0) is 31.2 Å². The van der Waals surface area contributed by atoms with E-state index < -0.39 is 0 Å². The molecule has 1 aromatic carbocycles. The van der Waals surface area contributed by atoms with E-state index in [4.69, 9.17) is 0 Å². The first-order chi connectivity index (χ1) is 16.8. The van der Waals surface area contributed by atoms with Gasteiger partial charge in [-0.15, -0.1) is 0 Å². The third kappa shape index (κ3) is 12.8. The summed E-state index contributed by atoms with van der Waals surface area (Å²) in [5.74, 6) is 1.49. The molecule has 0 aliphatic rings. The van der Waals surface area contributed by atoms with Crippen molar-refractivity contribution < 1.29 is 4.57 Å². The Labute approximate surface area is 212 Å². The smallest absolute Gasteiger partial charge is 0.234 e. The average Bonchev–Trinajstić information content (AvgIpc) is 3.23. The van der Waals surface area contributed by atoms with Crippen molar-refractivity contribution >= 4 is 0 Å². The number of hydrogen-bond acceptors (Lipinski definition) is 0. The van der Waals surface area contributed by atoms with Crippen LogP contribution < -0.4 is 4.57 Å². The van der Waals surface area contributed by atoms with Gasteiger partial charge in [-0.25, -0.2) is 9.13 Å². The molecule has 1 aromatic heterocycles. The predicted molar refractivity (Wildman–Crippen MR) is 148 cm³/mol. The van der Waals surface area contributed by atoms with Crippen LogP contribution in [0.25, 0.3) is 0 Å². The Morgan fingerprint density at radius 1 is 0.588 bits per heavy atom. The van der Waals surface area contributed by atoms with Crippen molar-refractivity contribution in [1.82, 2.24) is 4.57 Å². The molecule has 0 N–H and O–H groups in total. The molecule has 0 saturated carbocycles. The maximum absolute atomic E-state index is 2.54. The Morgan fingerprint density at radius 3 is 1.65 bits per heavy atom. The van der Waals surface area contributed by atoms with E-state index in [9.17, 15) is 0 Å². The molecule has 0 unspecified atom stereocenters. The quantitative estimate of drug-likeness (QED) is 0.120. The molecule has 0 fully saturated rings. The maximum atomic E-state index is 2.54. The van der Waals surface area contributed by atoms with Crippen molar-refractivity contribution in [3.8, 4) is 0 Å². The van der Waals surface area contributed by atoms with Gasteiger partial charge >= 0.3 is 0 Å². The second kappa shape index (κ2) is 19.7. The Hall–Kier alpha value is -1.57. The summed E-state index contributed by atoms with van der Waals surface area (Å²) in [6, 6.07) is 11.0. The monoisotopic (exact) mass is 467 g/mol. The highest BCUT2D eigenvalue weighted by atomic mass is 15.1. The Kier molecular flexibility index (Phi) is 16.6. The summed E-state index contributed by atoms with van der Waals surface area (Å²) in [6.07, 6.45) is 30.9. The highest BCUT2D eigenvalue weighted by Crippen LogP contribution is 2.13. The molecule has 34 heavy (non-hydrogen) atoms. The lowest BCUT2D eigenvalue weighted by molar-refractivity contribution is -0.703. The number of imidazole rings is 1. The van der Waals surface area contributed by atoms with Crippen LogP contribution in [0.5, 0.6) is 0 Å². The van der Waals surface area contributed by atoms with Crippen molar-refractivity contribution in [2.24, 2.45) is 0 Å². The van der Waals surface area contributed by atoms with Crippen molar-refractivity contribution in [2.75, 3.05) is 0 Å². The van der Waals surface area contributed by atoms with E-state index in [-0.39, 0.29) is 0 Å². The first-order valence-corrected chi connectivity index (χ1v) is 15.0. The molecule has 2 heteroatoms. The molecule has 0 aliphatic carbocycles. The van der Waals surface area contributed by atoms with Gasteiger partial charge < -0.3 is 0 Å². The van der Waals surface area contributed by atoms with Crippen LogP contribution in [0.15, 0.2) is 42.7 Å². The number of rotatable bonds is 22. The van der Waals surface area contributed by atoms with Crippen molar-refractivity contribution in [3.63, 3.8) is 0 Å². The standard InChI is InChI=1S/C32H55N2/c1-3-5-7-9-11-13-15-17-22-26-33-28-29-34(32(33)30-31-24-20-19-21-25-31)27-23-18-16-14-12-10-8-6-4-2/h19-21,24-25,28-29H,3-18,22-23,26-27,30H2,1-2H3/q+1. The van der Waals surface area contributed by atoms with Crippen LogP contribution in [0.3, 0.4) is 0 Å². The van der Waals surface area contributed by atoms with Gasteiger partial charge in [-0.3, -0.25) is 0 Å². The molecule has 2 rings (SSSR count). The van der Waals surface area contributed by atoms with Crippen molar-refractivity contribution in [1.29, 1.82) is 0 Å². The first kappa shape index (κ1) is 28.7. The molecular formula is C32H55N2+. The Bertz CT molecular complexity index is 664. The minimum absolute atomic E-state index is 1.04. The molecule has 0 radical (unpaired) electrons. The maximum Gasteiger partial charge on any atom is 0.260 e. The predicted octanol–water partition coefficient (Wildman–Crippen LogP) is 9.43. The summed E-state index contributed by atoms with van der Waals surface area (Å²) in [7, 11) is 0. The van der Waals surface area contributed by atoms with Gasteiger partial charge in [-0.1, -0.05) is 134 Å². The number of nitrogens with zero attached hydrogens (tertiary/aromatic N) is 2. The third-order valence-electron chi connectivity index (χ3n) is 7.30. The van der Waals surface area contributed by atoms with E-state index in [2.05, 4.69) is 65.7 Å². The van der Waals surface area contributed by atoms with Gasteiger partial charge in [0, 0.05) is 0 Å². The molecule has 0 spiro atoms. The third-order valence-corrected chi connectivity index (χ3v) is 7.30. The molecule has 0 saturated heterocycles. The second-order valence-corrected chi connectivity index (χ2v) is 10.4. The lowest BCUT2D eigenvalue weighted by atomic mass is 10.1. The summed E-state index contributed by atoms with van der Waals surface area (Å²) in [5.41, 5.74) is 1.43. The molecule has 0 bridgehead atoms. The summed E-state index contributed by atoms with van der Waals surface area (Å²) >= 11 is 0. The summed E-state index contributed by atoms with van der Waals surface area (Å²) in [4.78, 5) is 0. The first-order valence-electron chi connectivity index (χ1n) is 15.0. The molecule has 0 amide bonds. The summed E-state index contributed by atoms with van der Waals surface area (Å²) < 4.78 is 5.09. The minimum atomic E-state index is 1.04. The molecule has 2 aromatic rings. The number of hydrogen-bond donors (Lipinski definition) is 0. The van der Waals surface area contributed by atoms with E-state index in [0.29, 0.717) is 0 Å². The number of aryl methyl sites for hydroxylation is 2. The fourth-order valence-corrected chi connectivity index (χ4v) is 5.07. The van der Waals surface area contributed by atoms with Crippen LogP contribution in [0.2, 0.25) is 0 Å². The van der Waals surface area contributed by atoms with Crippen LogP contribution >= 0.6 is 0 Å². The zero-order valence-electron chi connectivity index (χ0n) is 22.8. The Morgan fingerprint density at radius 2 is 1.09 bits per heavy atom. The fourth-order valence-electron chi connectivity index (χ4n) is 5.07. The highest BCUT2D eigenvalue weighted by molar-refractivity contribution is 5.18. The van der Waals surface area contributed by atoms with Gasteiger partial charge in [0.25, 0.3) is 5.82 Å². The van der Waals surface area contributed by atoms with Crippen LogP contribution in [0.1, 0.15) is 141 Å². The summed E-state index contributed by atoms with van der Waals surface area (Å²) in [5, 5.41) is 0. The molecule has 2 nitrogen and oxygen atoms in total. The molecule has 1 heterocycles. The second-order valence-electron chi connectivity index (χ2n) is 10.4. The van der Waals surface area contributed by atoms with E-state index >= 15 is 0 Å². The van der Waals surface area contributed by atoms with E-state index in [0.717, 1.165) is 6.42 Å². The largest absolute Gasteiger partial charge is 0.260 e.